The lowest BCUT2D eigenvalue weighted by Gasteiger charge is -2.56. The van der Waals surface area contributed by atoms with Crippen LogP contribution in [-0.2, 0) is 33.3 Å². The van der Waals surface area contributed by atoms with E-state index in [1.54, 1.807) is 6.07 Å². The molecule has 5 aliphatic rings. The minimum atomic E-state index is -0.627. The fourth-order valence-electron chi connectivity index (χ4n) is 10.9. The lowest BCUT2D eigenvalue weighted by molar-refractivity contribution is -0.150. The number of hydrogen-bond acceptors (Lipinski definition) is 5. The van der Waals surface area contributed by atoms with E-state index in [4.69, 9.17) is 0 Å². The van der Waals surface area contributed by atoms with Crippen molar-refractivity contribution in [2.75, 3.05) is 31.1 Å². The maximum atomic E-state index is 14.4. The number of carbonyl (C=O) groups excluding carboxylic acids is 2. The fraction of sp³-hybridized carbons (Fsp3) is 0.632. The highest BCUT2D eigenvalue weighted by atomic mass is 16.3. The van der Waals surface area contributed by atoms with Gasteiger partial charge in [-0.1, -0.05) is 52.7 Å². The maximum absolute atomic E-state index is 14.4. The van der Waals surface area contributed by atoms with Crippen molar-refractivity contribution in [1.29, 1.82) is 0 Å². The number of rotatable bonds is 3. The van der Waals surface area contributed by atoms with E-state index in [0.717, 1.165) is 90.4 Å². The smallest absolute Gasteiger partial charge is 0.232 e. The van der Waals surface area contributed by atoms with E-state index in [0.29, 0.717) is 5.75 Å². The Morgan fingerprint density at radius 2 is 1.30 bits per heavy atom. The summed E-state index contributed by atoms with van der Waals surface area (Å²) in [4.78, 5) is 31.3. The first-order valence-corrected chi connectivity index (χ1v) is 17.3. The third-order valence-corrected chi connectivity index (χ3v) is 13.4. The van der Waals surface area contributed by atoms with Crippen LogP contribution in [0.3, 0.4) is 0 Å². The molecule has 1 aliphatic heterocycles. The van der Waals surface area contributed by atoms with Crippen LogP contribution in [0.15, 0.2) is 36.4 Å². The number of amides is 2. The quantitative estimate of drug-likeness (QED) is 0.369. The number of carbonyl (C=O) groups is 2. The predicted octanol–water partition coefficient (Wildman–Crippen LogP) is 6.17. The molecule has 1 heterocycles. The van der Waals surface area contributed by atoms with Gasteiger partial charge in [-0.2, -0.15) is 0 Å². The van der Waals surface area contributed by atoms with Crippen LogP contribution in [0.5, 0.6) is 5.75 Å². The van der Waals surface area contributed by atoms with E-state index >= 15 is 0 Å². The number of fused-ring (bicyclic) bond motifs is 6. The van der Waals surface area contributed by atoms with E-state index in [-0.39, 0.29) is 34.5 Å². The summed E-state index contributed by atoms with van der Waals surface area (Å²) in [6.07, 6.45) is 9.41. The molecule has 0 spiro atoms. The van der Waals surface area contributed by atoms with Crippen molar-refractivity contribution in [2.24, 2.45) is 22.7 Å². The van der Waals surface area contributed by atoms with E-state index < -0.39 is 10.8 Å². The first-order chi connectivity index (χ1) is 21.0. The van der Waals surface area contributed by atoms with Gasteiger partial charge in [0.15, 0.2) is 0 Å². The van der Waals surface area contributed by atoms with Gasteiger partial charge in [0.2, 0.25) is 11.8 Å². The second-order valence-electron chi connectivity index (χ2n) is 15.8. The summed E-state index contributed by atoms with van der Waals surface area (Å²) in [6, 6.07) is 12.8. The molecule has 0 unspecified atom stereocenters. The number of piperazine rings is 1. The normalized spacial score (nSPS) is 36.3. The molecule has 2 saturated carbocycles. The van der Waals surface area contributed by atoms with Gasteiger partial charge in [0.1, 0.15) is 5.75 Å². The van der Waals surface area contributed by atoms with Crippen molar-refractivity contribution in [1.82, 2.24) is 10.6 Å². The summed E-state index contributed by atoms with van der Waals surface area (Å²) in [6.45, 7) is 13.0. The van der Waals surface area contributed by atoms with Crippen molar-refractivity contribution in [3.05, 3.63) is 58.7 Å². The Bertz CT molecular complexity index is 1480. The highest BCUT2D eigenvalue weighted by Crippen LogP contribution is 2.59. The van der Waals surface area contributed by atoms with E-state index in [9.17, 15) is 14.7 Å². The molecule has 6 heteroatoms. The average Bonchev–Trinajstić information content (AvgIpc) is 3.01. The standard InChI is InChI=1S/C38H51N3O3/c1-35-15-5-17-37(3,31(35)13-9-25-7-11-27(23-29(25)35)41-21-19-39-20-22-41)33(43)40-34(44)38(4)18-6-16-36(2)30-24-28(42)12-8-26(30)10-14-32(36)38/h7-8,11-12,23-24,31-32,39,42H,5-6,9-10,13-22H2,1-4H3,(H,40,43,44)/t31-,32-,35-,36-,37+,38+/m1/s1. The Hall–Kier alpha value is -2.86. The monoisotopic (exact) mass is 597 g/mol. The Morgan fingerprint density at radius 3 is 1.86 bits per heavy atom. The van der Waals surface area contributed by atoms with Crippen LogP contribution >= 0.6 is 0 Å². The van der Waals surface area contributed by atoms with Gasteiger partial charge in [-0.25, -0.2) is 0 Å². The van der Waals surface area contributed by atoms with Gasteiger partial charge in [-0.3, -0.25) is 14.9 Å². The molecule has 6 atom stereocenters. The Morgan fingerprint density at radius 1 is 0.773 bits per heavy atom. The summed E-state index contributed by atoms with van der Waals surface area (Å²) in [5.41, 5.74) is 5.13. The lowest BCUT2D eigenvalue weighted by atomic mass is 9.49. The molecule has 2 aromatic carbocycles. The van der Waals surface area contributed by atoms with Gasteiger partial charge >= 0.3 is 0 Å². The van der Waals surface area contributed by atoms with Gasteiger partial charge in [-0.05, 0) is 121 Å². The molecule has 7 rings (SSSR count). The van der Waals surface area contributed by atoms with Gasteiger partial charge in [0.05, 0.1) is 10.8 Å². The lowest BCUT2D eigenvalue weighted by Crippen LogP contribution is -2.60. The fourth-order valence-corrected chi connectivity index (χ4v) is 10.9. The molecule has 3 fully saturated rings. The SMILES string of the molecule is C[C@]1(C(=O)NC(=O)[C@@]2(C)CCC[C@]3(C)c4cc(N5CCNCC5)ccc4CC[C@@H]23)CCC[C@]2(C)c3cc(O)ccc3CC[C@@H]12. The molecular weight excluding hydrogens is 546 g/mol. The first kappa shape index (κ1) is 29.8. The zero-order valence-corrected chi connectivity index (χ0v) is 27.2. The second-order valence-corrected chi connectivity index (χ2v) is 15.8. The van der Waals surface area contributed by atoms with Crippen LogP contribution in [0.25, 0.3) is 0 Å². The number of phenols is 1. The van der Waals surface area contributed by atoms with Crippen molar-refractivity contribution in [3.63, 3.8) is 0 Å². The van der Waals surface area contributed by atoms with Crippen molar-refractivity contribution in [2.45, 2.75) is 103 Å². The number of nitrogens with zero attached hydrogens (tertiary/aromatic N) is 1. The van der Waals surface area contributed by atoms with Crippen LogP contribution in [0.2, 0.25) is 0 Å². The summed E-state index contributed by atoms with van der Waals surface area (Å²) in [7, 11) is 0. The Balaban J connectivity index is 1.15. The topological polar surface area (TPSA) is 81.7 Å². The van der Waals surface area contributed by atoms with Crippen LogP contribution in [0.4, 0.5) is 5.69 Å². The van der Waals surface area contributed by atoms with Crippen molar-refractivity contribution >= 4 is 17.5 Å². The zero-order valence-electron chi connectivity index (χ0n) is 27.2. The number of aryl methyl sites for hydroxylation is 2. The van der Waals surface area contributed by atoms with E-state index in [1.807, 2.05) is 6.07 Å². The number of hydrogen-bond donors (Lipinski definition) is 3. The van der Waals surface area contributed by atoms with E-state index in [2.05, 4.69) is 67.5 Å². The molecule has 4 aliphatic carbocycles. The average molecular weight is 598 g/mol. The van der Waals surface area contributed by atoms with Crippen molar-refractivity contribution < 1.29 is 14.7 Å². The molecule has 1 saturated heterocycles. The summed E-state index contributed by atoms with van der Waals surface area (Å²) >= 11 is 0. The highest BCUT2D eigenvalue weighted by molar-refractivity contribution is 6.00. The van der Waals surface area contributed by atoms with Crippen LogP contribution in [0.1, 0.15) is 101 Å². The molecule has 0 bridgehead atoms. The molecule has 3 N–H and O–H groups in total. The second kappa shape index (κ2) is 10.6. The van der Waals surface area contributed by atoms with Gasteiger partial charge in [-0.15, -0.1) is 0 Å². The van der Waals surface area contributed by atoms with Gasteiger partial charge in [0.25, 0.3) is 0 Å². The van der Waals surface area contributed by atoms with E-state index in [1.165, 1.54) is 27.9 Å². The third kappa shape index (κ3) is 4.45. The molecule has 0 radical (unpaired) electrons. The first-order valence-electron chi connectivity index (χ1n) is 17.3. The number of anilines is 1. The van der Waals surface area contributed by atoms with Gasteiger partial charge < -0.3 is 15.3 Å². The number of aromatic hydroxyl groups is 1. The summed E-state index contributed by atoms with van der Waals surface area (Å²) in [5.74, 6) is 0.451. The molecule has 44 heavy (non-hydrogen) atoms. The third-order valence-electron chi connectivity index (χ3n) is 13.4. The Kier molecular flexibility index (Phi) is 7.19. The summed E-state index contributed by atoms with van der Waals surface area (Å²) < 4.78 is 0. The molecular formula is C38H51N3O3. The van der Waals surface area contributed by atoms with Gasteiger partial charge in [0, 0.05) is 31.9 Å². The minimum absolute atomic E-state index is 0.0671. The number of benzene rings is 2. The van der Waals surface area contributed by atoms with Crippen LogP contribution < -0.4 is 15.5 Å². The van der Waals surface area contributed by atoms with Crippen LogP contribution in [0, 0.1) is 22.7 Å². The minimum Gasteiger partial charge on any atom is -0.508 e. The van der Waals surface area contributed by atoms with Crippen molar-refractivity contribution in [3.8, 4) is 5.75 Å². The molecule has 6 nitrogen and oxygen atoms in total. The molecule has 2 aromatic rings. The summed E-state index contributed by atoms with van der Waals surface area (Å²) in [5, 5.41) is 16.9. The number of imide groups is 1. The molecule has 0 aromatic heterocycles. The highest BCUT2D eigenvalue weighted by Gasteiger charge is 2.58. The Labute approximate surface area is 263 Å². The van der Waals surface area contributed by atoms with Crippen LogP contribution in [-0.4, -0.2) is 43.1 Å². The number of nitrogens with one attached hydrogen (secondary N) is 2. The largest absolute Gasteiger partial charge is 0.508 e. The zero-order chi connectivity index (χ0) is 30.9. The number of phenolic OH excluding ortho intramolecular Hbond substituents is 1. The molecule has 2 amide bonds. The predicted molar refractivity (Wildman–Crippen MR) is 175 cm³/mol. The maximum Gasteiger partial charge on any atom is 0.232 e. The molecule has 236 valence electrons.